The lowest BCUT2D eigenvalue weighted by molar-refractivity contribution is -0.138. The van der Waals surface area contributed by atoms with E-state index in [4.69, 9.17) is 9.84 Å². The number of aliphatic hydroxyl groups excluding tert-OH is 2. The number of nitrogens with one attached hydrogen (secondary N) is 1. The lowest BCUT2D eigenvalue weighted by Gasteiger charge is -2.27. The molecule has 0 spiro atoms. The molecule has 0 bridgehead atoms. The summed E-state index contributed by atoms with van der Waals surface area (Å²) >= 11 is 0. The summed E-state index contributed by atoms with van der Waals surface area (Å²) in [6.07, 6.45) is -1.22. The van der Waals surface area contributed by atoms with Gasteiger partial charge in [-0.1, -0.05) is 26.0 Å². The zero-order valence-electron chi connectivity index (χ0n) is 17.1. The summed E-state index contributed by atoms with van der Waals surface area (Å²) in [5, 5.41) is 21.4. The first-order valence-electron chi connectivity index (χ1n) is 9.51. The second-order valence-corrected chi connectivity index (χ2v) is 7.35. The molecular formula is C21H29NO7. The highest BCUT2D eigenvalue weighted by atomic mass is 16.5. The van der Waals surface area contributed by atoms with Crippen molar-refractivity contribution >= 4 is 23.4 Å². The lowest BCUT2D eigenvalue weighted by Crippen LogP contribution is -2.46. The highest BCUT2D eigenvalue weighted by molar-refractivity contribution is 6.37. The van der Waals surface area contributed by atoms with Gasteiger partial charge in [-0.2, -0.15) is 0 Å². The number of benzene rings is 1. The summed E-state index contributed by atoms with van der Waals surface area (Å²) in [6, 6.07) is 6.62. The first kappa shape index (κ1) is 24.5. The van der Waals surface area contributed by atoms with E-state index in [0.717, 1.165) is 5.56 Å². The largest absolute Gasteiger partial charge is 0.462 e. The topological polar surface area (TPSA) is 130 Å². The Morgan fingerprint density at radius 2 is 1.66 bits per heavy atom. The predicted molar refractivity (Wildman–Crippen MR) is 105 cm³/mol. The van der Waals surface area contributed by atoms with Crippen LogP contribution in [-0.2, 0) is 25.5 Å². The zero-order chi connectivity index (χ0) is 22.0. The van der Waals surface area contributed by atoms with E-state index >= 15 is 0 Å². The van der Waals surface area contributed by atoms with Gasteiger partial charge in [-0.3, -0.25) is 14.4 Å². The number of aliphatic hydroxyl groups is 2. The third-order valence-corrected chi connectivity index (χ3v) is 4.46. The molecular weight excluding hydrogens is 378 g/mol. The summed E-state index contributed by atoms with van der Waals surface area (Å²) < 4.78 is 4.90. The minimum atomic E-state index is -1.42. The summed E-state index contributed by atoms with van der Waals surface area (Å²) in [5.41, 5.74) is 0.217. The molecule has 8 heteroatoms. The fourth-order valence-electron chi connectivity index (χ4n) is 2.40. The van der Waals surface area contributed by atoms with Crippen LogP contribution in [0, 0.1) is 5.41 Å². The highest BCUT2D eigenvalue weighted by Crippen LogP contribution is 2.19. The monoisotopic (exact) mass is 407 g/mol. The number of hydrogen-bond donors (Lipinski definition) is 3. The Morgan fingerprint density at radius 1 is 1.07 bits per heavy atom. The van der Waals surface area contributed by atoms with E-state index in [9.17, 15) is 24.3 Å². The zero-order valence-corrected chi connectivity index (χ0v) is 17.1. The number of Topliss-reactive ketones (excluding diaryl/α,β-unsaturated/α-hetero) is 2. The highest BCUT2D eigenvalue weighted by Gasteiger charge is 2.32. The molecule has 0 unspecified atom stereocenters. The van der Waals surface area contributed by atoms with Crippen LogP contribution in [0.2, 0.25) is 0 Å². The van der Waals surface area contributed by atoms with Crippen LogP contribution in [-0.4, -0.2) is 59.5 Å². The molecule has 29 heavy (non-hydrogen) atoms. The number of carbonyl (C=O) groups is 4. The Balaban J connectivity index is 2.40. The van der Waals surface area contributed by atoms with Crippen molar-refractivity contribution in [3.63, 3.8) is 0 Å². The Hall–Kier alpha value is -2.58. The minimum Gasteiger partial charge on any atom is -0.462 e. The number of aryl methyl sites for hydroxylation is 1. The third-order valence-electron chi connectivity index (χ3n) is 4.46. The molecule has 1 amide bonds. The minimum absolute atomic E-state index is 0.0195. The van der Waals surface area contributed by atoms with Crippen LogP contribution in [0.1, 0.15) is 49.5 Å². The van der Waals surface area contributed by atoms with Crippen molar-refractivity contribution in [2.24, 2.45) is 5.41 Å². The smallest absolute Gasteiger partial charge is 0.338 e. The van der Waals surface area contributed by atoms with Crippen molar-refractivity contribution in [2.75, 3.05) is 19.8 Å². The fraction of sp³-hybridized carbons (Fsp3) is 0.524. The second-order valence-electron chi connectivity index (χ2n) is 7.35. The van der Waals surface area contributed by atoms with Gasteiger partial charge < -0.3 is 20.3 Å². The quantitative estimate of drug-likeness (QED) is 0.345. The van der Waals surface area contributed by atoms with E-state index < -0.39 is 35.0 Å². The van der Waals surface area contributed by atoms with E-state index in [1.54, 1.807) is 31.2 Å². The summed E-state index contributed by atoms with van der Waals surface area (Å²) in [6.45, 7) is 4.63. The first-order chi connectivity index (χ1) is 13.6. The SMILES string of the molecule is CCOC(=O)c1ccc(CCC(=O)C(=O)CCNC(=O)[C@H](O)C(C)(C)CO)cc1. The molecule has 0 radical (unpaired) electrons. The average molecular weight is 407 g/mol. The van der Waals surface area contributed by atoms with E-state index in [2.05, 4.69) is 5.32 Å². The molecule has 160 valence electrons. The molecule has 0 fully saturated rings. The molecule has 0 aliphatic rings. The first-order valence-corrected chi connectivity index (χ1v) is 9.51. The van der Waals surface area contributed by atoms with Crippen LogP contribution in [0.5, 0.6) is 0 Å². The Labute approximate surface area is 170 Å². The molecule has 0 heterocycles. The van der Waals surface area contributed by atoms with E-state index in [-0.39, 0.29) is 32.6 Å². The van der Waals surface area contributed by atoms with Crippen molar-refractivity contribution in [1.82, 2.24) is 5.32 Å². The van der Waals surface area contributed by atoms with Gasteiger partial charge in [0, 0.05) is 24.8 Å². The third kappa shape index (κ3) is 7.75. The Morgan fingerprint density at radius 3 is 2.21 bits per heavy atom. The Bertz CT molecular complexity index is 725. The van der Waals surface area contributed by atoms with Crippen molar-refractivity contribution < 1.29 is 34.1 Å². The maximum atomic E-state index is 12.0. The summed E-state index contributed by atoms with van der Waals surface area (Å²) in [7, 11) is 0. The molecule has 0 saturated carbocycles. The Kier molecular flexibility index (Phi) is 9.64. The van der Waals surface area contributed by atoms with Gasteiger partial charge in [-0.15, -0.1) is 0 Å². The molecule has 0 saturated heterocycles. The number of esters is 1. The molecule has 0 aliphatic carbocycles. The number of amides is 1. The number of carbonyl (C=O) groups excluding carboxylic acids is 4. The van der Waals surface area contributed by atoms with Gasteiger partial charge in [-0.05, 0) is 31.0 Å². The molecule has 1 aromatic carbocycles. The maximum absolute atomic E-state index is 12.0. The number of ether oxygens (including phenoxy) is 1. The molecule has 0 aliphatic heterocycles. The van der Waals surface area contributed by atoms with Crippen molar-refractivity contribution in [3.8, 4) is 0 Å². The van der Waals surface area contributed by atoms with Crippen LogP contribution in [0.15, 0.2) is 24.3 Å². The van der Waals surface area contributed by atoms with Crippen LogP contribution in [0.25, 0.3) is 0 Å². The normalized spacial score (nSPS) is 12.2. The van der Waals surface area contributed by atoms with Gasteiger partial charge in [0.05, 0.1) is 18.8 Å². The number of ketones is 2. The second kappa shape index (κ2) is 11.4. The molecule has 0 aromatic heterocycles. The molecule has 1 atom stereocenters. The van der Waals surface area contributed by atoms with E-state index in [0.29, 0.717) is 12.0 Å². The summed E-state index contributed by atoms with van der Waals surface area (Å²) in [5.74, 6) is -2.28. The van der Waals surface area contributed by atoms with Crippen LogP contribution in [0.3, 0.4) is 0 Å². The summed E-state index contributed by atoms with van der Waals surface area (Å²) in [4.78, 5) is 47.3. The van der Waals surface area contributed by atoms with Gasteiger partial charge >= 0.3 is 5.97 Å². The number of rotatable bonds is 12. The van der Waals surface area contributed by atoms with Crippen molar-refractivity contribution in [3.05, 3.63) is 35.4 Å². The van der Waals surface area contributed by atoms with Gasteiger partial charge in [-0.25, -0.2) is 4.79 Å². The lowest BCUT2D eigenvalue weighted by atomic mass is 9.87. The molecule has 8 nitrogen and oxygen atoms in total. The molecule has 3 N–H and O–H groups in total. The fourth-order valence-corrected chi connectivity index (χ4v) is 2.40. The predicted octanol–water partition coefficient (Wildman–Crippen LogP) is 0.820. The maximum Gasteiger partial charge on any atom is 0.338 e. The van der Waals surface area contributed by atoms with Crippen LogP contribution in [0.4, 0.5) is 0 Å². The molecule has 1 aromatic rings. The van der Waals surface area contributed by atoms with E-state index in [1.165, 1.54) is 13.8 Å². The van der Waals surface area contributed by atoms with Crippen LogP contribution < -0.4 is 5.32 Å². The van der Waals surface area contributed by atoms with Gasteiger partial charge in [0.15, 0.2) is 11.6 Å². The average Bonchev–Trinajstić information content (AvgIpc) is 2.71. The molecule has 1 rings (SSSR count). The van der Waals surface area contributed by atoms with Gasteiger partial charge in [0.2, 0.25) is 5.91 Å². The van der Waals surface area contributed by atoms with Crippen molar-refractivity contribution in [1.29, 1.82) is 0 Å². The number of hydrogen-bond acceptors (Lipinski definition) is 7. The van der Waals surface area contributed by atoms with Crippen molar-refractivity contribution in [2.45, 2.75) is 46.1 Å². The standard InChI is InChI=1S/C21H29NO7/c1-4-29-20(28)15-8-5-14(6-9-15)7-10-16(24)17(25)11-12-22-19(27)18(26)21(2,3)13-23/h5-6,8-9,18,23,26H,4,7,10-13H2,1-3H3,(H,22,27)/t18-/m0/s1. The van der Waals surface area contributed by atoms with Gasteiger partial charge in [0.25, 0.3) is 0 Å². The van der Waals surface area contributed by atoms with E-state index in [1.807, 2.05) is 0 Å². The van der Waals surface area contributed by atoms with Crippen LogP contribution >= 0.6 is 0 Å². The van der Waals surface area contributed by atoms with Gasteiger partial charge in [0.1, 0.15) is 6.10 Å².